The van der Waals surface area contributed by atoms with Gasteiger partial charge in [-0.25, -0.2) is 0 Å². The van der Waals surface area contributed by atoms with Gasteiger partial charge in [-0.1, -0.05) is 0 Å². The van der Waals surface area contributed by atoms with Crippen LogP contribution in [0.3, 0.4) is 0 Å². The summed E-state index contributed by atoms with van der Waals surface area (Å²) < 4.78 is 11.2. The average molecular weight is 349 g/mol. The van der Waals surface area contributed by atoms with Gasteiger partial charge in [0.1, 0.15) is 17.6 Å². The van der Waals surface area contributed by atoms with Crippen LogP contribution in [-0.2, 0) is 14.3 Å². The standard InChI is InChI=1S/C18H23NO4.CH4O/c1-13-11-15(3-6-17(13)23-16-4-5-16)19(14(2)21)18(12-20)7-9-22-10-8-18;1-2/h3,6,11-12,16H,4-5,7-10H2,1-2H3;2H,1H3. The molecule has 6 heteroatoms. The summed E-state index contributed by atoms with van der Waals surface area (Å²) in [6.07, 6.45) is 4.50. The van der Waals surface area contributed by atoms with Gasteiger partial charge < -0.3 is 19.4 Å². The van der Waals surface area contributed by atoms with Crippen molar-refractivity contribution < 1.29 is 24.2 Å². The summed E-state index contributed by atoms with van der Waals surface area (Å²) in [4.78, 5) is 25.7. The Morgan fingerprint density at radius 2 is 1.96 bits per heavy atom. The predicted molar refractivity (Wildman–Crippen MR) is 95.0 cm³/mol. The number of aryl methyl sites for hydroxylation is 1. The van der Waals surface area contributed by atoms with E-state index in [2.05, 4.69) is 0 Å². The number of aliphatic hydroxyl groups excluding tert-OH is 1. The van der Waals surface area contributed by atoms with Crippen molar-refractivity contribution in [2.24, 2.45) is 0 Å². The molecule has 1 aliphatic heterocycles. The number of aldehydes is 1. The lowest BCUT2D eigenvalue weighted by atomic mass is 9.88. The lowest BCUT2D eigenvalue weighted by molar-refractivity contribution is -0.124. The van der Waals surface area contributed by atoms with Crippen LogP contribution in [0.15, 0.2) is 18.2 Å². The fraction of sp³-hybridized carbons (Fsp3) is 0.579. The number of carbonyl (C=O) groups excluding carboxylic acids is 2. The minimum atomic E-state index is -0.810. The molecular weight excluding hydrogens is 322 g/mol. The molecule has 0 bridgehead atoms. The van der Waals surface area contributed by atoms with E-state index in [1.165, 1.54) is 6.92 Å². The van der Waals surface area contributed by atoms with Crippen molar-refractivity contribution in [2.45, 2.75) is 51.2 Å². The van der Waals surface area contributed by atoms with Crippen LogP contribution >= 0.6 is 0 Å². The zero-order valence-corrected chi connectivity index (χ0v) is 15.2. The van der Waals surface area contributed by atoms with E-state index in [1.807, 2.05) is 25.1 Å². The van der Waals surface area contributed by atoms with E-state index in [0.717, 1.165) is 43.2 Å². The van der Waals surface area contributed by atoms with Gasteiger partial charge in [0.05, 0.1) is 6.10 Å². The fourth-order valence-electron chi connectivity index (χ4n) is 3.14. The Morgan fingerprint density at radius 1 is 1.32 bits per heavy atom. The number of aliphatic hydroxyl groups is 1. The summed E-state index contributed by atoms with van der Waals surface area (Å²) >= 11 is 0. The first-order chi connectivity index (χ1) is 12.1. The molecule has 2 aliphatic rings. The van der Waals surface area contributed by atoms with Crippen molar-refractivity contribution in [3.05, 3.63) is 23.8 Å². The van der Waals surface area contributed by atoms with Crippen LogP contribution in [0.1, 0.15) is 38.2 Å². The number of hydrogen-bond donors (Lipinski definition) is 1. The van der Waals surface area contributed by atoms with Crippen LogP contribution in [0.4, 0.5) is 5.69 Å². The number of hydrogen-bond acceptors (Lipinski definition) is 5. The van der Waals surface area contributed by atoms with Gasteiger partial charge in [-0.2, -0.15) is 0 Å². The van der Waals surface area contributed by atoms with Crippen LogP contribution in [0.25, 0.3) is 0 Å². The smallest absolute Gasteiger partial charge is 0.224 e. The van der Waals surface area contributed by atoms with E-state index >= 15 is 0 Å². The van der Waals surface area contributed by atoms with Crippen molar-refractivity contribution in [1.82, 2.24) is 0 Å². The SMILES string of the molecule is CC(=O)N(c1ccc(OC2CC2)c(C)c1)C1(C=O)CCOCC1.CO. The second-order valence-electron chi connectivity index (χ2n) is 6.46. The molecule has 1 aromatic rings. The maximum absolute atomic E-state index is 12.3. The number of benzene rings is 1. The zero-order valence-electron chi connectivity index (χ0n) is 15.2. The summed E-state index contributed by atoms with van der Waals surface area (Å²) in [5.74, 6) is 0.723. The van der Waals surface area contributed by atoms with Gasteiger partial charge >= 0.3 is 0 Å². The molecule has 2 fully saturated rings. The van der Waals surface area contributed by atoms with Gasteiger partial charge in [-0.15, -0.1) is 0 Å². The van der Waals surface area contributed by atoms with Crippen molar-refractivity contribution in [3.63, 3.8) is 0 Å². The third kappa shape index (κ3) is 4.38. The Morgan fingerprint density at radius 3 is 2.44 bits per heavy atom. The highest BCUT2D eigenvalue weighted by Crippen LogP contribution is 2.35. The van der Waals surface area contributed by atoms with Gasteiger partial charge in [-0.05, 0) is 43.5 Å². The number of nitrogens with zero attached hydrogens (tertiary/aromatic N) is 1. The van der Waals surface area contributed by atoms with Crippen LogP contribution in [0.5, 0.6) is 5.75 Å². The first-order valence-electron chi connectivity index (χ1n) is 8.63. The maximum Gasteiger partial charge on any atom is 0.224 e. The summed E-state index contributed by atoms with van der Waals surface area (Å²) in [5, 5.41) is 7.00. The van der Waals surface area contributed by atoms with Crippen LogP contribution < -0.4 is 9.64 Å². The molecule has 0 aromatic heterocycles. The highest BCUT2D eigenvalue weighted by molar-refractivity contribution is 5.98. The van der Waals surface area contributed by atoms with E-state index in [-0.39, 0.29) is 5.91 Å². The highest BCUT2D eigenvalue weighted by Gasteiger charge is 2.41. The molecule has 0 spiro atoms. The number of ether oxygens (including phenoxy) is 2. The number of anilines is 1. The molecular formula is C19H27NO5. The molecule has 3 rings (SSSR count). The summed E-state index contributed by atoms with van der Waals surface area (Å²) in [6.45, 7) is 4.45. The molecule has 138 valence electrons. The molecule has 0 atom stereocenters. The molecule has 1 N–H and O–H groups in total. The van der Waals surface area contributed by atoms with Crippen molar-refractivity contribution >= 4 is 17.9 Å². The van der Waals surface area contributed by atoms with Gasteiger partial charge in [0.2, 0.25) is 5.91 Å². The lowest BCUT2D eigenvalue weighted by Gasteiger charge is -2.42. The molecule has 0 radical (unpaired) electrons. The Labute approximate surface area is 148 Å². The molecule has 1 aliphatic carbocycles. The fourth-order valence-corrected chi connectivity index (χ4v) is 3.14. The summed E-state index contributed by atoms with van der Waals surface area (Å²) in [5.41, 5.74) is 0.913. The quantitative estimate of drug-likeness (QED) is 0.825. The van der Waals surface area contributed by atoms with Gasteiger partial charge in [0, 0.05) is 45.8 Å². The molecule has 1 saturated heterocycles. The van der Waals surface area contributed by atoms with Crippen LogP contribution in [-0.4, -0.2) is 49.3 Å². The second kappa shape index (κ2) is 8.45. The Kier molecular flexibility index (Phi) is 6.56. The van der Waals surface area contributed by atoms with Crippen molar-refractivity contribution in [2.75, 3.05) is 25.2 Å². The monoisotopic (exact) mass is 349 g/mol. The maximum atomic E-state index is 12.3. The van der Waals surface area contributed by atoms with E-state index in [9.17, 15) is 9.59 Å². The molecule has 25 heavy (non-hydrogen) atoms. The summed E-state index contributed by atoms with van der Waals surface area (Å²) in [6, 6.07) is 5.70. The molecule has 6 nitrogen and oxygen atoms in total. The molecule has 1 aromatic carbocycles. The van der Waals surface area contributed by atoms with Gasteiger partial charge in [0.25, 0.3) is 0 Å². The number of carbonyl (C=O) groups is 2. The normalized spacial score (nSPS) is 18.6. The van der Waals surface area contributed by atoms with Crippen LogP contribution in [0, 0.1) is 6.92 Å². The Balaban J connectivity index is 0.00000109. The van der Waals surface area contributed by atoms with Gasteiger partial charge in [-0.3, -0.25) is 9.69 Å². The van der Waals surface area contributed by atoms with E-state index in [1.54, 1.807) is 4.90 Å². The van der Waals surface area contributed by atoms with E-state index < -0.39 is 5.54 Å². The minimum Gasteiger partial charge on any atom is -0.490 e. The first kappa shape index (κ1) is 19.4. The Bertz CT molecular complexity index is 606. The largest absolute Gasteiger partial charge is 0.490 e. The summed E-state index contributed by atoms with van der Waals surface area (Å²) in [7, 11) is 1.00. The lowest BCUT2D eigenvalue weighted by Crippen LogP contribution is -2.56. The van der Waals surface area contributed by atoms with E-state index in [4.69, 9.17) is 14.6 Å². The molecule has 0 unspecified atom stereocenters. The second-order valence-corrected chi connectivity index (χ2v) is 6.46. The first-order valence-corrected chi connectivity index (χ1v) is 8.63. The average Bonchev–Trinajstić information content (AvgIpc) is 3.44. The van der Waals surface area contributed by atoms with Crippen molar-refractivity contribution in [3.8, 4) is 5.75 Å². The third-order valence-corrected chi connectivity index (χ3v) is 4.57. The van der Waals surface area contributed by atoms with Gasteiger partial charge in [0.15, 0.2) is 0 Å². The zero-order chi connectivity index (χ0) is 18.4. The van der Waals surface area contributed by atoms with Crippen molar-refractivity contribution in [1.29, 1.82) is 0 Å². The number of amides is 1. The predicted octanol–water partition coefficient (Wildman–Crippen LogP) is 2.25. The molecule has 1 amide bonds. The minimum absolute atomic E-state index is 0.130. The Hall–Kier alpha value is -1.92. The topological polar surface area (TPSA) is 76.1 Å². The number of rotatable bonds is 5. The molecule has 1 saturated carbocycles. The van der Waals surface area contributed by atoms with Crippen LogP contribution in [0.2, 0.25) is 0 Å². The third-order valence-electron chi connectivity index (χ3n) is 4.57. The highest BCUT2D eigenvalue weighted by atomic mass is 16.5. The van der Waals surface area contributed by atoms with E-state index in [0.29, 0.717) is 32.2 Å². The molecule has 1 heterocycles.